The first-order valence-corrected chi connectivity index (χ1v) is 9.14. The van der Waals surface area contributed by atoms with Gasteiger partial charge in [0, 0.05) is 36.7 Å². The Morgan fingerprint density at radius 3 is 2.79 bits per heavy atom. The average Bonchev–Trinajstić information content (AvgIpc) is 3.36. The minimum absolute atomic E-state index is 0.0958. The molecule has 1 aliphatic rings. The normalized spacial score (nSPS) is 14.2. The monoisotopic (exact) mass is 337 g/mol. The first kappa shape index (κ1) is 15.1. The lowest BCUT2D eigenvalue weighted by atomic mass is 10.2. The molecule has 1 fully saturated rings. The van der Waals surface area contributed by atoms with Crippen molar-refractivity contribution in [3.05, 3.63) is 64.2 Å². The molecule has 1 saturated heterocycles. The highest BCUT2D eigenvalue weighted by Gasteiger charge is 2.21. The minimum atomic E-state index is 0.0958. The summed E-state index contributed by atoms with van der Waals surface area (Å²) in [5, 5.41) is 3.15. The molecule has 1 aliphatic heterocycles. The van der Waals surface area contributed by atoms with Crippen LogP contribution >= 0.6 is 11.3 Å². The Kier molecular flexibility index (Phi) is 4.17. The van der Waals surface area contributed by atoms with Crippen LogP contribution in [-0.4, -0.2) is 33.9 Å². The highest BCUT2D eigenvalue weighted by atomic mass is 32.1. The van der Waals surface area contributed by atoms with Crippen LogP contribution in [0.5, 0.6) is 0 Å². The molecule has 3 heterocycles. The van der Waals surface area contributed by atoms with Gasteiger partial charge in [0.1, 0.15) is 5.69 Å². The van der Waals surface area contributed by atoms with Gasteiger partial charge in [0.05, 0.1) is 10.7 Å². The van der Waals surface area contributed by atoms with Crippen LogP contribution in [0.4, 0.5) is 0 Å². The number of likely N-dealkylation sites (tertiary alicyclic amines) is 1. The van der Waals surface area contributed by atoms with Gasteiger partial charge in [0.25, 0.3) is 5.91 Å². The molecule has 24 heavy (non-hydrogen) atoms. The zero-order valence-corrected chi connectivity index (χ0v) is 14.2. The molecule has 1 amide bonds. The number of benzene rings is 1. The molecule has 1 N–H and O–H groups in total. The van der Waals surface area contributed by atoms with Crippen molar-refractivity contribution in [1.29, 1.82) is 0 Å². The predicted octanol–water partition coefficient (Wildman–Crippen LogP) is 3.97. The van der Waals surface area contributed by atoms with Crippen LogP contribution in [0.1, 0.15) is 33.9 Å². The molecule has 0 bridgehead atoms. The number of nitrogens with one attached hydrogen (secondary N) is 1. The molecular formula is C19H19N3OS. The van der Waals surface area contributed by atoms with Crippen molar-refractivity contribution in [3.8, 4) is 11.3 Å². The van der Waals surface area contributed by atoms with Crippen LogP contribution in [0.2, 0.25) is 0 Å². The molecule has 2 aromatic heterocycles. The molecule has 0 unspecified atom stereocenters. The first-order valence-electron chi connectivity index (χ1n) is 8.26. The Balaban J connectivity index is 1.49. The van der Waals surface area contributed by atoms with Crippen LogP contribution in [0, 0.1) is 0 Å². The van der Waals surface area contributed by atoms with E-state index in [2.05, 4.69) is 22.5 Å². The van der Waals surface area contributed by atoms with E-state index in [-0.39, 0.29) is 5.91 Å². The number of carbonyl (C=O) groups is 1. The second kappa shape index (κ2) is 6.61. The topological polar surface area (TPSA) is 49.0 Å². The zero-order valence-electron chi connectivity index (χ0n) is 13.4. The zero-order chi connectivity index (χ0) is 16.4. The summed E-state index contributed by atoms with van der Waals surface area (Å²) in [5.41, 5.74) is 3.83. The van der Waals surface area contributed by atoms with Gasteiger partial charge in [-0.05, 0) is 24.5 Å². The number of aromatic amines is 1. The van der Waals surface area contributed by atoms with Crippen LogP contribution in [0.25, 0.3) is 11.3 Å². The van der Waals surface area contributed by atoms with E-state index in [4.69, 9.17) is 4.98 Å². The van der Waals surface area contributed by atoms with Crippen LogP contribution < -0.4 is 0 Å². The maximum atomic E-state index is 12.4. The Hall–Kier alpha value is -2.40. The summed E-state index contributed by atoms with van der Waals surface area (Å²) < 4.78 is 0. The second-order valence-corrected chi connectivity index (χ2v) is 7.03. The van der Waals surface area contributed by atoms with Gasteiger partial charge in [-0.1, -0.05) is 30.3 Å². The lowest BCUT2D eigenvalue weighted by molar-refractivity contribution is 0.0788. The number of aromatic nitrogens is 2. The number of rotatable bonds is 4. The highest BCUT2D eigenvalue weighted by molar-refractivity contribution is 7.10. The number of thiazole rings is 1. The Morgan fingerprint density at radius 2 is 2.00 bits per heavy atom. The lowest BCUT2D eigenvalue weighted by Crippen LogP contribution is -2.27. The summed E-state index contributed by atoms with van der Waals surface area (Å²) in [7, 11) is 0. The molecule has 0 radical (unpaired) electrons. The summed E-state index contributed by atoms with van der Waals surface area (Å²) >= 11 is 1.66. The van der Waals surface area contributed by atoms with Crippen molar-refractivity contribution < 1.29 is 4.79 Å². The largest absolute Gasteiger partial charge is 0.357 e. The Labute approximate surface area is 145 Å². The number of hydrogen-bond donors (Lipinski definition) is 1. The van der Waals surface area contributed by atoms with Gasteiger partial charge >= 0.3 is 0 Å². The fourth-order valence-corrected chi connectivity index (χ4v) is 3.89. The van der Waals surface area contributed by atoms with E-state index < -0.39 is 0 Å². The van der Waals surface area contributed by atoms with Crippen LogP contribution in [0.3, 0.4) is 0 Å². The van der Waals surface area contributed by atoms with E-state index in [1.165, 1.54) is 5.56 Å². The number of hydrogen-bond acceptors (Lipinski definition) is 3. The molecule has 0 saturated carbocycles. The summed E-state index contributed by atoms with van der Waals surface area (Å²) in [6.45, 7) is 1.73. The number of amides is 1. The van der Waals surface area contributed by atoms with Gasteiger partial charge in [-0.2, -0.15) is 0 Å². The van der Waals surface area contributed by atoms with E-state index in [0.717, 1.165) is 48.6 Å². The van der Waals surface area contributed by atoms with Gasteiger partial charge < -0.3 is 9.88 Å². The molecule has 4 nitrogen and oxygen atoms in total. The molecule has 5 heteroatoms. The molecule has 122 valence electrons. The van der Waals surface area contributed by atoms with E-state index in [0.29, 0.717) is 5.69 Å². The van der Waals surface area contributed by atoms with Gasteiger partial charge in [-0.15, -0.1) is 11.3 Å². The van der Waals surface area contributed by atoms with E-state index >= 15 is 0 Å². The highest BCUT2D eigenvalue weighted by Crippen LogP contribution is 2.25. The van der Waals surface area contributed by atoms with Crippen molar-refractivity contribution in [1.82, 2.24) is 14.9 Å². The van der Waals surface area contributed by atoms with Crippen molar-refractivity contribution >= 4 is 17.2 Å². The molecular weight excluding hydrogens is 318 g/mol. The van der Waals surface area contributed by atoms with Crippen molar-refractivity contribution in [3.63, 3.8) is 0 Å². The standard InChI is InChI=1S/C19H19N3OS/c23-19(22-8-4-5-9-22)16-11-15(12-20-16)17-13-24-18(21-17)10-14-6-2-1-3-7-14/h1-3,6-7,11-13,20H,4-5,8-10H2. The van der Waals surface area contributed by atoms with Gasteiger partial charge in [0.15, 0.2) is 0 Å². The van der Waals surface area contributed by atoms with Gasteiger partial charge in [-0.25, -0.2) is 4.98 Å². The first-order chi connectivity index (χ1) is 11.8. The van der Waals surface area contributed by atoms with Crippen LogP contribution in [0.15, 0.2) is 48.0 Å². The van der Waals surface area contributed by atoms with E-state index in [9.17, 15) is 4.79 Å². The smallest absolute Gasteiger partial charge is 0.270 e. The van der Waals surface area contributed by atoms with Gasteiger partial charge in [-0.3, -0.25) is 4.79 Å². The molecule has 0 aliphatic carbocycles. The van der Waals surface area contributed by atoms with Crippen LogP contribution in [-0.2, 0) is 6.42 Å². The average molecular weight is 337 g/mol. The molecule has 0 spiro atoms. The van der Waals surface area contributed by atoms with Crippen molar-refractivity contribution in [2.45, 2.75) is 19.3 Å². The summed E-state index contributed by atoms with van der Waals surface area (Å²) in [6.07, 6.45) is 4.93. The van der Waals surface area contributed by atoms with E-state index in [1.54, 1.807) is 11.3 Å². The molecule has 3 aromatic rings. The fourth-order valence-electron chi connectivity index (χ4n) is 3.05. The second-order valence-electron chi connectivity index (χ2n) is 6.09. The Bertz CT molecular complexity index is 831. The van der Waals surface area contributed by atoms with E-state index in [1.807, 2.05) is 35.4 Å². The SMILES string of the molecule is O=C(c1cc(-c2csc(Cc3ccccc3)n2)c[nH]1)N1CCCC1. The van der Waals surface area contributed by atoms with Crippen molar-refractivity contribution in [2.75, 3.05) is 13.1 Å². The predicted molar refractivity (Wildman–Crippen MR) is 96.3 cm³/mol. The summed E-state index contributed by atoms with van der Waals surface area (Å²) in [6, 6.07) is 12.3. The Morgan fingerprint density at radius 1 is 1.21 bits per heavy atom. The third-order valence-electron chi connectivity index (χ3n) is 4.35. The quantitative estimate of drug-likeness (QED) is 0.783. The third kappa shape index (κ3) is 3.12. The van der Waals surface area contributed by atoms with Gasteiger partial charge in [0.2, 0.25) is 0 Å². The molecule has 4 rings (SSSR count). The number of H-pyrrole nitrogens is 1. The fraction of sp³-hybridized carbons (Fsp3) is 0.263. The third-order valence-corrected chi connectivity index (χ3v) is 5.20. The minimum Gasteiger partial charge on any atom is -0.357 e. The van der Waals surface area contributed by atoms with Crippen molar-refractivity contribution in [2.24, 2.45) is 0 Å². The molecule has 0 atom stereocenters. The lowest BCUT2D eigenvalue weighted by Gasteiger charge is -2.13. The number of carbonyl (C=O) groups excluding carboxylic acids is 1. The maximum Gasteiger partial charge on any atom is 0.270 e. The summed E-state index contributed by atoms with van der Waals surface area (Å²) in [5.74, 6) is 0.0958. The molecule has 1 aromatic carbocycles. The number of nitrogens with zero attached hydrogens (tertiary/aromatic N) is 2. The maximum absolute atomic E-state index is 12.4. The summed E-state index contributed by atoms with van der Waals surface area (Å²) in [4.78, 5) is 22.2.